The van der Waals surface area contributed by atoms with Gasteiger partial charge in [-0.1, -0.05) is 42.0 Å². The number of rotatable bonds is 9. The lowest BCUT2D eigenvalue weighted by Crippen LogP contribution is -2.18. The Morgan fingerprint density at radius 2 is 1.92 bits per heavy atom. The first kappa shape index (κ1) is 24.1. The van der Waals surface area contributed by atoms with Crippen molar-refractivity contribution in [3.63, 3.8) is 0 Å². The van der Waals surface area contributed by atoms with Gasteiger partial charge in [-0.15, -0.1) is 0 Å². The van der Waals surface area contributed by atoms with Gasteiger partial charge < -0.3 is 9.47 Å². The highest BCUT2D eigenvalue weighted by atomic mass is 16.6. The van der Waals surface area contributed by atoms with Crippen molar-refractivity contribution in [3.8, 4) is 22.8 Å². The molecule has 0 aliphatic carbocycles. The Morgan fingerprint density at radius 1 is 1.11 bits per heavy atom. The van der Waals surface area contributed by atoms with Gasteiger partial charge in [-0.3, -0.25) is 20.0 Å². The van der Waals surface area contributed by atoms with Crippen molar-refractivity contribution in [2.24, 2.45) is 5.10 Å². The van der Waals surface area contributed by atoms with E-state index in [0.717, 1.165) is 11.1 Å². The standard InChI is InChI=1S/C26H23N5O5/c1-17-6-8-18(9-7-17)16-36-24-11-10-20(13-25(24)35-2)22-14-23(29-28-22)26(32)30-27-15-19-4-3-5-21(12-19)31(33)34/h3-15H,16H2,1-2H3,(H,28,29)(H,30,32)/b27-15-. The number of aryl methyl sites for hydroxylation is 1. The number of nitro groups is 1. The van der Waals surface area contributed by atoms with E-state index in [1.165, 1.54) is 30.0 Å². The largest absolute Gasteiger partial charge is 0.493 e. The van der Waals surface area contributed by atoms with Crippen molar-refractivity contribution >= 4 is 17.8 Å². The van der Waals surface area contributed by atoms with Crippen LogP contribution in [0.3, 0.4) is 0 Å². The van der Waals surface area contributed by atoms with Crippen LogP contribution in [0.5, 0.6) is 11.5 Å². The summed E-state index contributed by atoms with van der Waals surface area (Å²) in [6.07, 6.45) is 1.32. The van der Waals surface area contributed by atoms with E-state index in [1.807, 2.05) is 37.3 Å². The molecular weight excluding hydrogens is 462 g/mol. The van der Waals surface area contributed by atoms with Gasteiger partial charge in [-0.05, 0) is 36.8 Å². The van der Waals surface area contributed by atoms with E-state index in [9.17, 15) is 14.9 Å². The summed E-state index contributed by atoms with van der Waals surface area (Å²) in [7, 11) is 1.56. The van der Waals surface area contributed by atoms with Gasteiger partial charge in [0.25, 0.3) is 11.6 Å². The molecule has 182 valence electrons. The molecule has 4 aromatic rings. The molecule has 2 N–H and O–H groups in total. The van der Waals surface area contributed by atoms with Crippen molar-refractivity contribution < 1.29 is 19.2 Å². The smallest absolute Gasteiger partial charge is 0.289 e. The quantitative estimate of drug-likeness (QED) is 0.202. The fraction of sp³-hybridized carbons (Fsp3) is 0.115. The fourth-order valence-electron chi connectivity index (χ4n) is 3.32. The van der Waals surface area contributed by atoms with E-state index < -0.39 is 10.8 Å². The van der Waals surface area contributed by atoms with Crippen LogP contribution < -0.4 is 14.9 Å². The van der Waals surface area contributed by atoms with Gasteiger partial charge in [0.2, 0.25) is 0 Å². The van der Waals surface area contributed by atoms with Gasteiger partial charge in [0.15, 0.2) is 11.5 Å². The number of carbonyl (C=O) groups is 1. The highest BCUT2D eigenvalue weighted by Crippen LogP contribution is 2.32. The number of amides is 1. The topological polar surface area (TPSA) is 132 Å². The molecule has 0 aliphatic rings. The van der Waals surface area contributed by atoms with Gasteiger partial charge in [0, 0.05) is 23.3 Å². The minimum atomic E-state index is -0.513. The molecule has 4 rings (SSSR count). The van der Waals surface area contributed by atoms with E-state index in [4.69, 9.17) is 9.47 Å². The number of H-pyrrole nitrogens is 1. The van der Waals surface area contributed by atoms with Gasteiger partial charge >= 0.3 is 0 Å². The summed E-state index contributed by atoms with van der Waals surface area (Å²) < 4.78 is 11.4. The van der Waals surface area contributed by atoms with Crippen molar-refractivity contribution in [2.45, 2.75) is 13.5 Å². The van der Waals surface area contributed by atoms with Crippen molar-refractivity contribution in [2.75, 3.05) is 7.11 Å². The molecule has 1 aromatic heterocycles. The molecule has 1 heterocycles. The van der Waals surface area contributed by atoms with Crippen LogP contribution >= 0.6 is 0 Å². The number of aromatic nitrogens is 2. The summed E-state index contributed by atoms with van der Waals surface area (Å²) in [4.78, 5) is 22.8. The highest BCUT2D eigenvalue weighted by Gasteiger charge is 2.13. The Morgan fingerprint density at radius 3 is 2.67 bits per heavy atom. The number of ether oxygens (including phenoxy) is 2. The number of aromatic amines is 1. The molecule has 0 atom stereocenters. The minimum Gasteiger partial charge on any atom is -0.493 e. The predicted octanol–water partition coefficient (Wildman–Crippen LogP) is 4.64. The third kappa shape index (κ3) is 5.92. The molecule has 3 aromatic carbocycles. The molecule has 0 unspecified atom stereocenters. The molecule has 0 saturated heterocycles. The molecule has 0 radical (unpaired) electrons. The molecular formula is C26H23N5O5. The SMILES string of the molecule is COc1cc(-c2cc(C(=O)N/N=C\c3cccc([N+](=O)[O-])c3)[nH]n2)ccc1OCc1ccc(C)cc1. The van der Waals surface area contributed by atoms with Gasteiger partial charge in [-0.2, -0.15) is 10.2 Å². The summed E-state index contributed by atoms with van der Waals surface area (Å²) in [5, 5.41) is 21.6. The van der Waals surface area contributed by atoms with E-state index in [0.29, 0.717) is 29.4 Å². The molecule has 0 spiro atoms. The molecule has 10 nitrogen and oxygen atoms in total. The molecule has 0 bridgehead atoms. The Hall–Kier alpha value is -4.99. The maximum atomic E-state index is 12.4. The average molecular weight is 486 g/mol. The van der Waals surface area contributed by atoms with Gasteiger partial charge in [0.05, 0.1) is 23.9 Å². The zero-order valence-corrected chi connectivity index (χ0v) is 19.6. The van der Waals surface area contributed by atoms with Crippen LogP contribution in [-0.4, -0.2) is 34.4 Å². The highest BCUT2D eigenvalue weighted by molar-refractivity contribution is 5.94. The maximum Gasteiger partial charge on any atom is 0.289 e. The first-order chi connectivity index (χ1) is 17.4. The molecule has 1 amide bonds. The number of nitro benzene ring substituents is 1. The zero-order valence-electron chi connectivity index (χ0n) is 19.6. The third-order valence-electron chi connectivity index (χ3n) is 5.26. The maximum absolute atomic E-state index is 12.4. The predicted molar refractivity (Wildman–Crippen MR) is 134 cm³/mol. The minimum absolute atomic E-state index is 0.0644. The van der Waals surface area contributed by atoms with Crippen LogP contribution in [0.2, 0.25) is 0 Å². The van der Waals surface area contributed by atoms with E-state index in [1.54, 1.807) is 31.4 Å². The molecule has 0 fully saturated rings. The third-order valence-corrected chi connectivity index (χ3v) is 5.26. The number of hydrazone groups is 1. The van der Waals surface area contributed by atoms with Crippen molar-refractivity contribution in [1.82, 2.24) is 15.6 Å². The lowest BCUT2D eigenvalue weighted by Gasteiger charge is -2.12. The van der Waals surface area contributed by atoms with Crippen molar-refractivity contribution in [1.29, 1.82) is 0 Å². The van der Waals surface area contributed by atoms with Crippen LogP contribution in [-0.2, 0) is 6.61 Å². The number of nitrogens with one attached hydrogen (secondary N) is 2. The Kier molecular flexibility index (Phi) is 7.35. The van der Waals surface area contributed by atoms with Crippen molar-refractivity contribution in [3.05, 3.63) is 105 Å². The van der Waals surface area contributed by atoms with E-state index in [-0.39, 0.29) is 11.4 Å². The summed E-state index contributed by atoms with van der Waals surface area (Å²) in [5.41, 5.74) is 6.47. The Labute approximate surface area is 206 Å². The van der Waals surface area contributed by atoms with Crippen LogP contribution in [0.4, 0.5) is 5.69 Å². The first-order valence-corrected chi connectivity index (χ1v) is 10.9. The number of hydrogen-bond acceptors (Lipinski definition) is 7. The number of hydrogen-bond donors (Lipinski definition) is 2. The Balaban J connectivity index is 1.41. The Bertz CT molecular complexity index is 1410. The second-order valence-corrected chi connectivity index (χ2v) is 7.86. The molecule has 0 saturated carbocycles. The second kappa shape index (κ2) is 11.0. The van der Waals surface area contributed by atoms with Crippen LogP contribution in [0.1, 0.15) is 27.2 Å². The van der Waals surface area contributed by atoms with Gasteiger partial charge in [-0.25, -0.2) is 5.43 Å². The van der Waals surface area contributed by atoms with E-state index in [2.05, 4.69) is 20.7 Å². The molecule has 36 heavy (non-hydrogen) atoms. The molecule has 0 aliphatic heterocycles. The lowest BCUT2D eigenvalue weighted by molar-refractivity contribution is -0.384. The summed E-state index contributed by atoms with van der Waals surface area (Å²) in [6, 6.07) is 21.0. The first-order valence-electron chi connectivity index (χ1n) is 10.9. The second-order valence-electron chi connectivity index (χ2n) is 7.86. The number of methoxy groups -OCH3 is 1. The monoisotopic (exact) mass is 485 g/mol. The van der Waals surface area contributed by atoms with Crippen LogP contribution in [0.15, 0.2) is 77.9 Å². The van der Waals surface area contributed by atoms with Gasteiger partial charge in [0.1, 0.15) is 12.3 Å². The average Bonchev–Trinajstić information content (AvgIpc) is 3.39. The fourth-order valence-corrected chi connectivity index (χ4v) is 3.32. The number of carbonyl (C=O) groups excluding carboxylic acids is 1. The summed E-state index contributed by atoms with van der Waals surface area (Å²) in [6.45, 7) is 2.43. The van der Waals surface area contributed by atoms with Crippen LogP contribution in [0.25, 0.3) is 11.3 Å². The normalized spacial score (nSPS) is 10.8. The number of non-ortho nitro benzene ring substituents is 1. The molecule has 10 heteroatoms. The number of nitrogens with zero attached hydrogens (tertiary/aromatic N) is 3. The van der Waals surface area contributed by atoms with Crippen LogP contribution in [0, 0.1) is 17.0 Å². The number of benzene rings is 3. The summed E-state index contributed by atoms with van der Waals surface area (Å²) >= 11 is 0. The summed E-state index contributed by atoms with van der Waals surface area (Å²) in [5.74, 6) is 0.612. The zero-order chi connectivity index (χ0) is 25.5. The van der Waals surface area contributed by atoms with E-state index >= 15 is 0 Å². The lowest BCUT2D eigenvalue weighted by atomic mass is 10.1.